The van der Waals surface area contributed by atoms with Crippen LogP contribution in [0.1, 0.15) is 29.5 Å². The summed E-state index contributed by atoms with van der Waals surface area (Å²) < 4.78 is 68.3. The summed E-state index contributed by atoms with van der Waals surface area (Å²) in [6, 6.07) is 19.6. The van der Waals surface area contributed by atoms with E-state index in [0.717, 1.165) is 23.3 Å². The molecule has 6 nitrogen and oxygen atoms in total. The van der Waals surface area contributed by atoms with Crippen molar-refractivity contribution in [3.8, 4) is 0 Å². The first-order valence-corrected chi connectivity index (χ1v) is 12.5. The van der Waals surface area contributed by atoms with Crippen LogP contribution in [0.15, 0.2) is 93.3 Å². The van der Waals surface area contributed by atoms with Crippen molar-refractivity contribution in [3.63, 3.8) is 0 Å². The van der Waals surface area contributed by atoms with Gasteiger partial charge in [0.2, 0.25) is 0 Å². The molecule has 1 heterocycles. The molecule has 0 aromatic heterocycles. The maximum absolute atomic E-state index is 13.0. The van der Waals surface area contributed by atoms with Gasteiger partial charge in [0.25, 0.3) is 10.0 Å². The van der Waals surface area contributed by atoms with Gasteiger partial charge in [-0.15, -0.1) is 4.40 Å². The fourth-order valence-electron chi connectivity index (χ4n) is 3.75. The van der Waals surface area contributed by atoms with Gasteiger partial charge in [-0.05, 0) is 54.4 Å². The molecular formula is C25H20ClF3N4O2S. The number of hydrazone groups is 1. The molecule has 1 aliphatic heterocycles. The topological polar surface area (TPSA) is 85.9 Å². The molecule has 186 valence electrons. The van der Waals surface area contributed by atoms with Gasteiger partial charge < -0.3 is 5.41 Å². The smallest absolute Gasteiger partial charge is 0.302 e. The standard InChI is InChI=1S/C25H20ClF3N4O2S/c1-16(30)24(32-36(34,35)21-13-9-19(10-14-21)25(27,28)29)33-15-22(17-5-3-2-4-6-17)23(31-33)18-7-11-20(26)12-8-18/h2-14,22,30H,15H2,1H3/b30-16?,32-24+. The second-order valence-electron chi connectivity index (χ2n) is 8.07. The lowest BCUT2D eigenvalue weighted by Gasteiger charge is -2.18. The van der Waals surface area contributed by atoms with Crippen LogP contribution in [0.4, 0.5) is 13.2 Å². The Hall–Kier alpha value is -3.50. The Labute approximate surface area is 211 Å². The average molecular weight is 533 g/mol. The third kappa shape index (κ3) is 5.50. The van der Waals surface area contributed by atoms with Crippen LogP contribution in [0.5, 0.6) is 0 Å². The molecule has 0 amide bonds. The van der Waals surface area contributed by atoms with Crippen molar-refractivity contribution in [1.29, 1.82) is 5.41 Å². The monoisotopic (exact) mass is 532 g/mol. The predicted molar refractivity (Wildman–Crippen MR) is 133 cm³/mol. The number of halogens is 4. The molecule has 4 rings (SSSR count). The summed E-state index contributed by atoms with van der Waals surface area (Å²) >= 11 is 6.03. The summed E-state index contributed by atoms with van der Waals surface area (Å²) in [7, 11) is -4.42. The van der Waals surface area contributed by atoms with Crippen molar-refractivity contribution in [2.45, 2.75) is 23.9 Å². The molecule has 0 saturated carbocycles. The molecule has 1 atom stereocenters. The van der Waals surface area contributed by atoms with E-state index in [1.807, 2.05) is 30.3 Å². The maximum Gasteiger partial charge on any atom is 0.416 e. The third-order valence-corrected chi connectivity index (χ3v) is 7.06. The number of rotatable bonds is 5. The van der Waals surface area contributed by atoms with Crippen LogP contribution in [0.2, 0.25) is 5.02 Å². The van der Waals surface area contributed by atoms with Gasteiger partial charge in [-0.2, -0.15) is 26.7 Å². The van der Waals surface area contributed by atoms with Gasteiger partial charge in [-0.1, -0.05) is 54.1 Å². The fraction of sp³-hybridized carbons (Fsp3) is 0.160. The molecule has 3 aromatic carbocycles. The molecule has 0 bridgehead atoms. The summed E-state index contributed by atoms with van der Waals surface area (Å²) in [6.07, 6.45) is -4.60. The number of hydrogen-bond donors (Lipinski definition) is 1. The largest absolute Gasteiger partial charge is 0.416 e. The Morgan fingerprint density at radius 3 is 2.19 bits per heavy atom. The van der Waals surface area contributed by atoms with Crippen molar-refractivity contribution in [3.05, 3.63) is 101 Å². The molecule has 36 heavy (non-hydrogen) atoms. The summed E-state index contributed by atoms with van der Waals surface area (Å²) in [5.74, 6) is -0.481. The molecule has 0 saturated heterocycles. The number of sulfonamides is 1. The zero-order valence-corrected chi connectivity index (χ0v) is 20.4. The minimum absolute atomic E-state index is 0.168. The lowest BCUT2D eigenvalue weighted by molar-refractivity contribution is -0.137. The highest BCUT2D eigenvalue weighted by Crippen LogP contribution is 2.31. The molecule has 11 heteroatoms. The van der Waals surface area contributed by atoms with Crippen molar-refractivity contribution in [1.82, 2.24) is 5.01 Å². The van der Waals surface area contributed by atoms with Gasteiger partial charge in [-0.25, -0.2) is 5.01 Å². The highest BCUT2D eigenvalue weighted by Gasteiger charge is 2.34. The number of nitrogens with one attached hydrogen (secondary N) is 1. The van der Waals surface area contributed by atoms with E-state index >= 15 is 0 Å². The molecule has 0 radical (unpaired) electrons. The van der Waals surface area contributed by atoms with Gasteiger partial charge in [0.05, 0.1) is 28.4 Å². The Kier molecular flexibility index (Phi) is 7.01. The zero-order chi connectivity index (χ0) is 26.1. The van der Waals surface area contributed by atoms with Crippen LogP contribution in [0.3, 0.4) is 0 Å². The van der Waals surface area contributed by atoms with Crippen molar-refractivity contribution in [2.75, 3.05) is 6.54 Å². The van der Waals surface area contributed by atoms with Crippen LogP contribution < -0.4 is 0 Å². The van der Waals surface area contributed by atoms with Gasteiger partial charge in [0, 0.05) is 10.9 Å². The second-order valence-corrected chi connectivity index (χ2v) is 10.1. The first-order chi connectivity index (χ1) is 17.0. The average Bonchev–Trinajstić information content (AvgIpc) is 3.28. The Balaban J connectivity index is 1.75. The Morgan fingerprint density at radius 2 is 1.64 bits per heavy atom. The quantitative estimate of drug-likeness (QED) is 0.323. The lowest BCUT2D eigenvalue weighted by atomic mass is 9.90. The normalized spacial score (nSPS) is 16.7. The number of benzene rings is 3. The molecule has 0 fully saturated rings. The molecule has 0 spiro atoms. The van der Waals surface area contributed by atoms with Crippen LogP contribution in [0.25, 0.3) is 0 Å². The summed E-state index contributed by atoms with van der Waals surface area (Å²) in [6.45, 7) is 1.58. The van der Waals surface area contributed by atoms with E-state index < -0.39 is 26.7 Å². The van der Waals surface area contributed by atoms with Crippen LogP contribution >= 0.6 is 11.6 Å². The van der Waals surface area contributed by atoms with E-state index in [4.69, 9.17) is 17.0 Å². The van der Waals surface area contributed by atoms with Crippen LogP contribution in [0, 0.1) is 5.41 Å². The minimum atomic E-state index is -4.60. The molecular weight excluding hydrogens is 513 g/mol. The molecule has 1 unspecified atom stereocenters. The van der Waals surface area contributed by atoms with E-state index in [1.165, 1.54) is 11.9 Å². The van der Waals surface area contributed by atoms with E-state index in [9.17, 15) is 21.6 Å². The van der Waals surface area contributed by atoms with Crippen LogP contribution in [-0.2, 0) is 16.2 Å². The number of amidine groups is 1. The third-order valence-electron chi connectivity index (χ3n) is 5.52. The number of nitrogens with zero attached hydrogens (tertiary/aromatic N) is 3. The van der Waals surface area contributed by atoms with Crippen molar-refractivity contribution >= 4 is 38.9 Å². The summed E-state index contributed by atoms with van der Waals surface area (Å²) in [5.41, 5.74) is 1.19. The Bertz CT molecular complexity index is 1440. The van der Waals surface area contributed by atoms with Gasteiger partial charge >= 0.3 is 6.18 Å². The Morgan fingerprint density at radius 1 is 1.03 bits per heavy atom. The van der Waals surface area contributed by atoms with Crippen molar-refractivity contribution in [2.24, 2.45) is 9.50 Å². The van der Waals surface area contributed by atoms with E-state index in [2.05, 4.69) is 9.50 Å². The first kappa shape index (κ1) is 25.6. The highest BCUT2D eigenvalue weighted by molar-refractivity contribution is 7.90. The van der Waals surface area contributed by atoms with Gasteiger partial charge in [-0.3, -0.25) is 0 Å². The molecule has 3 aromatic rings. The number of alkyl halides is 3. The zero-order valence-electron chi connectivity index (χ0n) is 18.9. The lowest BCUT2D eigenvalue weighted by Crippen LogP contribution is -2.31. The van der Waals surface area contributed by atoms with Gasteiger partial charge in [0.15, 0.2) is 5.84 Å². The van der Waals surface area contributed by atoms with E-state index in [0.29, 0.717) is 22.9 Å². The first-order valence-electron chi connectivity index (χ1n) is 10.7. The van der Waals surface area contributed by atoms with Crippen LogP contribution in [-0.4, -0.2) is 37.2 Å². The minimum Gasteiger partial charge on any atom is -0.302 e. The summed E-state index contributed by atoms with van der Waals surface area (Å²) in [4.78, 5) is -0.421. The van der Waals surface area contributed by atoms with E-state index in [1.54, 1.807) is 24.3 Å². The fourth-order valence-corrected chi connectivity index (χ4v) is 4.92. The van der Waals surface area contributed by atoms with E-state index in [-0.39, 0.29) is 24.0 Å². The number of hydrogen-bond acceptors (Lipinski definition) is 4. The molecule has 0 aliphatic carbocycles. The SMILES string of the molecule is CC(=N)/C(=N\S(=O)(=O)c1ccc(C(F)(F)F)cc1)N1CC(c2ccccc2)C(c2ccc(Cl)cc2)=N1. The van der Waals surface area contributed by atoms with Crippen molar-refractivity contribution < 1.29 is 21.6 Å². The molecule has 1 aliphatic rings. The second kappa shape index (κ2) is 9.87. The predicted octanol–water partition coefficient (Wildman–Crippen LogP) is 5.99. The molecule has 1 N–H and O–H groups in total. The summed E-state index contributed by atoms with van der Waals surface area (Å²) in [5, 5.41) is 14.7. The maximum atomic E-state index is 13.0. The highest BCUT2D eigenvalue weighted by atomic mass is 35.5. The van der Waals surface area contributed by atoms with Gasteiger partial charge in [0.1, 0.15) is 0 Å².